The van der Waals surface area contributed by atoms with Gasteiger partial charge in [-0.3, -0.25) is 9.89 Å². The molecule has 1 saturated heterocycles. The highest BCUT2D eigenvalue weighted by Crippen LogP contribution is 2.44. The molecule has 6 nitrogen and oxygen atoms in total. The number of anilines is 1. The SMILES string of the molecule is Cc1nc(-c2ccc(NC(=O)[C@@]34CCCC[C@H]3CNC4)cc2)n[nH]1. The van der Waals surface area contributed by atoms with Crippen LogP contribution in [0.5, 0.6) is 0 Å². The lowest BCUT2D eigenvalue weighted by atomic mass is 9.67. The molecule has 1 amide bonds. The van der Waals surface area contributed by atoms with E-state index in [1.165, 1.54) is 6.42 Å². The summed E-state index contributed by atoms with van der Waals surface area (Å²) in [7, 11) is 0. The van der Waals surface area contributed by atoms with Crippen molar-refractivity contribution in [2.45, 2.75) is 32.6 Å². The number of aryl methyl sites for hydroxylation is 1. The van der Waals surface area contributed by atoms with Crippen molar-refractivity contribution in [3.8, 4) is 11.4 Å². The Hall–Kier alpha value is -2.21. The normalized spacial score (nSPS) is 26.1. The van der Waals surface area contributed by atoms with Crippen molar-refractivity contribution in [2.75, 3.05) is 18.4 Å². The first-order chi connectivity index (χ1) is 11.7. The van der Waals surface area contributed by atoms with E-state index in [2.05, 4.69) is 25.8 Å². The van der Waals surface area contributed by atoms with E-state index in [9.17, 15) is 4.79 Å². The Labute approximate surface area is 141 Å². The van der Waals surface area contributed by atoms with Crippen molar-refractivity contribution in [3.05, 3.63) is 30.1 Å². The lowest BCUT2D eigenvalue weighted by Crippen LogP contribution is -2.44. The van der Waals surface area contributed by atoms with E-state index in [1.54, 1.807) is 0 Å². The number of hydrogen-bond acceptors (Lipinski definition) is 4. The number of H-pyrrole nitrogens is 1. The first-order valence-corrected chi connectivity index (χ1v) is 8.69. The Morgan fingerprint density at radius 2 is 2.12 bits per heavy atom. The van der Waals surface area contributed by atoms with Crippen LogP contribution >= 0.6 is 0 Å². The molecule has 2 fully saturated rings. The third-order valence-electron chi connectivity index (χ3n) is 5.49. The molecule has 126 valence electrons. The van der Waals surface area contributed by atoms with Crippen molar-refractivity contribution in [2.24, 2.45) is 11.3 Å². The molecule has 2 heterocycles. The highest BCUT2D eigenvalue weighted by atomic mass is 16.2. The second kappa shape index (κ2) is 6.02. The fourth-order valence-corrected chi connectivity index (χ4v) is 4.12. The number of benzene rings is 1. The third-order valence-corrected chi connectivity index (χ3v) is 5.49. The van der Waals surface area contributed by atoms with Crippen LogP contribution in [0, 0.1) is 18.3 Å². The minimum Gasteiger partial charge on any atom is -0.326 e. The quantitative estimate of drug-likeness (QED) is 0.810. The van der Waals surface area contributed by atoms with Gasteiger partial charge in [-0.05, 0) is 56.5 Å². The number of carbonyl (C=O) groups is 1. The van der Waals surface area contributed by atoms with Crippen LogP contribution < -0.4 is 10.6 Å². The number of nitrogens with zero attached hydrogens (tertiary/aromatic N) is 2. The summed E-state index contributed by atoms with van der Waals surface area (Å²) < 4.78 is 0. The van der Waals surface area contributed by atoms with Crippen LogP contribution in [0.25, 0.3) is 11.4 Å². The summed E-state index contributed by atoms with van der Waals surface area (Å²) in [5, 5.41) is 13.6. The van der Waals surface area contributed by atoms with Crippen LogP contribution in [0.2, 0.25) is 0 Å². The van der Waals surface area contributed by atoms with E-state index >= 15 is 0 Å². The van der Waals surface area contributed by atoms with Gasteiger partial charge in [0.25, 0.3) is 0 Å². The van der Waals surface area contributed by atoms with Gasteiger partial charge in [0.2, 0.25) is 5.91 Å². The molecule has 1 aliphatic heterocycles. The maximum atomic E-state index is 12.9. The molecule has 2 atom stereocenters. The Morgan fingerprint density at radius 3 is 2.88 bits per heavy atom. The Kier molecular flexibility index (Phi) is 3.84. The molecule has 3 N–H and O–H groups in total. The van der Waals surface area contributed by atoms with Crippen LogP contribution in [-0.2, 0) is 4.79 Å². The average Bonchev–Trinajstić information content (AvgIpc) is 3.22. The van der Waals surface area contributed by atoms with Crippen molar-refractivity contribution in [1.29, 1.82) is 0 Å². The highest BCUT2D eigenvalue weighted by Gasteiger charge is 2.49. The second-order valence-electron chi connectivity index (χ2n) is 7.01. The number of hydrogen-bond donors (Lipinski definition) is 3. The third kappa shape index (κ3) is 2.60. The Bertz CT molecular complexity index is 738. The zero-order valence-electron chi connectivity index (χ0n) is 13.9. The van der Waals surface area contributed by atoms with Gasteiger partial charge in [-0.1, -0.05) is 12.8 Å². The Balaban J connectivity index is 1.50. The molecule has 1 aliphatic carbocycles. The van der Waals surface area contributed by atoms with Gasteiger partial charge in [-0.2, -0.15) is 5.10 Å². The number of carbonyl (C=O) groups excluding carboxylic acids is 1. The molecule has 0 unspecified atom stereocenters. The molecule has 0 radical (unpaired) electrons. The summed E-state index contributed by atoms with van der Waals surface area (Å²) in [5.74, 6) is 2.11. The molecular formula is C18H23N5O. The van der Waals surface area contributed by atoms with Crippen LogP contribution in [0.1, 0.15) is 31.5 Å². The summed E-state index contributed by atoms with van der Waals surface area (Å²) >= 11 is 0. The average molecular weight is 325 g/mol. The van der Waals surface area contributed by atoms with Gasteiger partial charge in [-0.15, -0.1) is 0 Å². The molecule has 2 aromatic rings. The number of fused-ring (bicyclic) bond motifs is 1. The summed E-state index contributed by atoms with van der Waals surface area (Å²) in [6.07, 6.45) is 4.54. The van der Waals surface area contributed by atoms with E-state index in [4.69, 9.17) is 0 Å². The van der Waals surface area contributed by atoms with Crippen LogP contribution in [0.3, 0.4) is 0 Å². The van der Waals surface area contributed by atoms with Gasteiger partial charge in [0, 0.05) is 17.8 Å². The molecule has 24 heavy (non-hydrogen) atoms. The molecule has 0 spiro atoms. The largest absolute Gasteiger partial charge is 0.326 e. The van der Waals surface area contributed by atoms with E-state index in [-0.39, 0.29) is 11.3 Å². The standard InChI is InChI=1S/C18H23N5O/c1-12-20-16(23-22-12)13-5-7-15(8-6-13)21-17(24)18-9-3-2-4-14(18)10-19-11-18/h5-8,14,19H,2-4,9-11H2,1H3,(H,21,24)(H,20,22,23)/t14-,18+/m0/s1. The van der Waals surface area contributed by atoms with Gasteiger partial charge in [0.1, 0.15) is 5.82 Å². The maximum absolute atomic E-state index is 12.9. The molecule has 1 aromatic carbocycles. The molecule has 1 aromatic heterocycles. The summed E-state index contributed by atoms with van der Waals surface area (Å²) in [6, 6.07) is 7.74. The lowest BCUT2D eigenvalue weighted by molar-refractivity contribution is -0.128. The predicted octanol–water partition coefficient (Wildman–Crippen LogP) is 2.50. The molecule has 4 rings (SSSR count). The van der Waals surface area contributed by atoms with Crippen LogP contribution in [-0.4, -0.2) is 34.2 Å². The molecular weight excluding hydrogens is 302 g/mol. The summed E-state index contributed by atoms with van der Waals surface area (Å²) in [4.78, 5) is 17.3. The number of amides is 1. The Morgan fingerprint density at radius 1 is 1.29 bits per heavy atom. The van der Waals surface area contributed by atoms with E-state index in [0.29, 0.717) is 11.7 Å². The zero-order chi connectivity index (χ0) is 16.6. The van der Waals surface area contributed by atoms with Gasteiger partial charge in [0.15, 0.2) is 5.82 Å². The van der Waals surface area contributed by atoms with Gasteiger partial charge in [-0.25, -0.2) is 4.98 Å². The summed E-state index contributed by atoms with van der Waals surface area (Å²) in [6.45, 7) is 3.65. The predicted molar refractivity (Wildman–Crippen MR) is 92.4 cm³/mol. The molecule has 2 aliphatic rings. The zero-order valence-corrected chi connectivity index (χ0v) is 13.9. The molecule has 1 saturated carbocycles. The topological polar surface area (TPSA) is 82.7 Å². The minimum absolute atomic E-state index is 0.165. The van der Waals surface area contributed by atoms with E-state index in [1.807, 2.05) is 31.2 Å². The number of aromatic amines is 1. The van der Waals surface area contributed by atoms with E-state index in [0.717, 1.165) is 49.4 Å². The van der Waals surface area contributed by atoms with Crippen molar-refractivity contribution >= 4 is 11.6 Å². The fraction of sp³-hybridized carbons (Fsp3) is 0.500. The van der Waals surface area contributed by atoms with Gasteiger partial charge < -0.3 is 10.6 Å². The number of aromatic nitrogens is 3. The maximum Gasteiger partial charge on any atom is 0.232 e. The fourth-order valence-electron chi connectivity index (χ4n) is 4.12. The molecule has 6 heteroatoms. The first kappa shape index (κ1) is 15.3. The second-order valence-corrected chi connectivity index (χ2v) is 7.01. The molecule has 0 bridgehead atoms. The summed E-state index contributed by atoms with van der Waals surface area (Å²) in [5.41, 5.74) is 1.55. The van der Waals surface area contributed by atoms with Crippen LogP contribution in [0.15, 0.2) is 24.3 Å². The minimum atomic E-state index is -0.224. The monoisotopic (exact) mass is 325 g/mol. The van der Waals surface area contributed by atoms with Gasteiger partial charge in [0.05, 0.1) is 5.41 Å². The van der Waals surface area contributed by atoms with Crippen molar-refractivity contribution < 1.29 is 4.79 Å². The van der Waals surface area contributed by atoms with Crippen molar-refractivity contribution in [1.82, 2.24) is 20.5 Å². The van der Waals surface area contributed by atoms with E-state index < -0.39 is 0 Å². The number of rotatable bonds is 3. The smallest absolute Gasteiger partial charge is 0.232 e. The number of nitrogens with one attached hydrogen (secondary N) is 3. The lowest BCUT2D eigenvalue weighted by Gasteiger charge is -2.37. The van der Waals surface area contributed by atoms with Crippen molar-refractivity contribution in [3.63, 3.8) is 0 Å². The first-order valence-electron chi connectivity index (χ1n) is 8.69. The van der Waals surface area contributed by atoms with Gasteiger partial charge >= 0.3 is 0 Å². The highest BCUT2D eigenvalue weighted by molar-refractivity contribution is 5.96. The van der Waals surface area contributed by atoms with Crippen LogP contribution in [0.4, 0.5) is 5.69 Å².